The molecule has 0 aromatic heterocycles. The van der Waals surface area contributed by atoms with E-state index in [9.17, 15) is 4.79 Å². The summed E-state index contributed by atoms with van der Waals surface area (Å²) in [5, 5.41) is 21.1. The van der Waals surface area contributed by atoms with Gasteiger partial charge >= 0.3 is 6.03 Å². The van der Waals surface area contributed by atoms with E-state index in [0.29, 0.717) is 13.0 Å². The average molecular weight is 157 g/mol. The van der Waals surface area contributed by atoms with Gasteiger partial charge in [-0.3, -0.25) is 0 Å². The van der Waals surface area contributed by atoms with Crippen LogP contribution in [-0.2, 0) is 0 Å². The number of carbonyl (C=O) groups excluding carboxylic acids is 1. The Morgan fingerprint density at radius 1 is 1.55 bits per heavy atom. The van der Waals surface area contributed by atoms with Gasteiger partial charge in [0.2, 0.25) is 0 Å². The molecule has 0 aromatic rings. The Labute approximate surface area is 65.0 Å². The Morgan fingerprint density at radius 2 is 2.27 bits per heavy atom. The van der Waals surface area contributed by atoms with Crippen LogP contribution in [0.2, 0.25) is 0 Å². The van der Waals surface area contributed by atoms with E-state index in [2.05, 4.69) is 10.6 Å². The molecule has 0 rings (SSSR count). The van der Waals surface area contributed by atoms with Crippen LogP contribution >= 0.6 is 0 Å². The van der Waals surface area contributed by atoms with Crippen LogP contribution in [0, 0.1) is 11.3 Å². The van der Waals surface area contributed by atoms with E-state index in [1.54, 1.807) is 6.07 Å². The zero-order valence-corrected chi connectivity index (χ0v) is 6.13. The second-order valence-electron chi connectivity index (χ2n) is 1.84. The summed E-state index contributed by atoms with van der Waals surface area (Å²) in [7, 11) is 0. The van der Waals surface area contributed by atoms with Crippen molar-refractivity contribution in [2.75, 3.05) is 19.7 Å². The minimum Gasteiger partial charge on any atom is -0.396 e. The smallest absolute Gasteiger partial charge is 0.315 e. The van der Waals surface area contributed by atoms with Crippen molar-refractivity contribution in [2.45, 2.75) is 6.42 Å². The minimum atomic E-state index is -0.375. The lowest BCUT2D eigenvalue weighted by molar-refractivity contribution is 0.239. The number of hydrogen-bond acceptors (Lipinski definition) is 3. The number of urea groups is 1. The third kappa shape index (κ3) is 6.61. The number of nitrogens with one attached hydrogen (secondary N) is 2. The SMILES string of the molecule is N#CCNC(=O)NCCCO. The molecule has 0 aliphatic heterocycles. The number of rotatable bonds is 4. The van der Waals surface area contributed by atoms with E-state index >= 15 is 0 Å². The number of aliphatic hydroxyl groups is 1. The fourth-order valence-electron chi connectivity index (χ4n) is 0.463. The van der Waals surface area contributed by atoms with Crippen molar-refractivity contribution < 1.29 is 9.90 Å². The van der Waals surface area contributed by atoms with Gasteiger partial charge in [-0.1, -0.05) is 0 Å². The van der Waals surface area contributed by atoms with Crippen molar-refractivity contribution in [1.29, 1.82) is 5.26 Å². The first-order valence-electron chi connectivity index (χ1n) is 3.30. The fourth-order valence-corrected chi connectivity index (χ4v) is 0.463. The van der Waals surface area contributed by atoms with Crippen LogP contribution in [0.5, 0.6) is 0 Å². The molecule has 62 valence electrons. The summed E-state index contributed by atoms with van der Waals surface area (Å²) < 4.78 is 0. The zero-order valence-electron chi connectivity index (χ0n) is 6.13. The van der Waals surface area contributed by atoms with Gasteiger partial charge in [-0.15, -0.1) is 0 Å². The second kappa shape index (κ2) is 6.83. The lowest BCUT2D eigenvalue weighted by atomic mass is 10.4. The van der Waals surface area contributed by atoms with E-state index in [0.717, 1.165) is 0 Å². The van der Waals surface area contributed by atoms with Gasteiger partial charge in [-0.2, -0.15) is 5.26 Å². The maximum atomic E-state index is 10.6. The molecule has 0 aromatic carbocycles. The largest absolute Gasteiger partial charge is 0.396 e. The van der Waals surface area contributed by atoms with Gasteiger partial charge in [0, 0.05) is 13.2 Å². The molecular formula is C6H11N3O2. The Balaban J connectivity index is 3.17. The monoisotopic (exact) mass is 157 g/mol. The summed E-state index contributed by atoms with van der Waals surface area (Å²) in [4.78, 5) is 10.6. The highest BCUT2D eigenvalue weighted by atomic mass is 16.3. The third-order valence-electron chi connectivity index (χ3n) is 0.948. The molecule has 5 nitrogen and oxygen atoms in total. The van der Waals surface area contributed by atoms with E-state index in [-0.39, 0.29) is 19.2 Å². The molecule has 0 radical (unpaired) electrons. The molecule has 0 unspecified atom stereocenters. The Kier molecular flexibility index (Phi) is 6.04. The Hall–Kier alpha value is -1.28. The average Bonchev–Trinajstić information content (AvgIpc) is 2.01. The first kappa shape index (κ1) is 9.72. The van der Waals surface area contributed by atoms with Crippen LogP contribution in [0.1, 0.15) is 6.42 Å². The predicted molar refractivity (Wildman–Crippen MR) is 38.7 cm³/mol. The second-order valence-corrected chi connectivity index (χ2v) is 1.84. The minimum absolute atomic E-state index is 0.00492. The van der Waals surface area contributed by atoms with Crippen LogP contribution in [0.3, 0.4) is 0 Å². The van der Waals surface area contributed by atoms with Gasteiger partial charge in [0.25, 0.3) is 0 Å². The van der Waals surface area contributed by atoms with Gasteiger partial charge in [0.15, 0.2) is 0 Å². The lowest BCUT2D eigenvalue weighted by Crippen LogP contribution is -2.36. The first-order chi connectivity index (χ1) is 5.31. The number of nitriles is 1. The van der Waals surface area contributed by atoms with Crippen LogP contribution in [0.15, 0.2) is 0 Å². The van der Waals surface area contributed by atoms with Crippen LogP contribution in [0.25, 0.3) is 0 Å². The molecule has 0 aliphatic rings. The quantitative estimate of drug-likeness (QED) is 0.368. The van der Waals surface area contributed by atoms with E-state index in [1.807, 2.05) is 0 Å². The normalized spacial score (nSPS) is 8.36. The third-order valence-corrected chi connectivity index (χ3v) is 0.948. The predicted octanol–water partition coefficient (Wildman–Crippen LogP) is -0.808. The molecule has 0 aliphatic carbocycles. The Bertz CT molecular complexity index is 152. The highest BCUT2D eigenvalue weighted by Crippen LogP contribution is 1.71. The first-order valence-corrected chi connectivity index (χ1v) is 3.30. The summed E-state index contributed by atoms with van der Waals surface area (Å²) in [5.41, 5.74) is 0. The molecular weight excluding hydrogens is 146 g/mol. The summed E-state index contributed by atoms with van der Waals surface area (Å²) in [6, 6.07) is 1.39. The van der Waals surface area contributed by atoms with Gasteiger partial charge in [-0.05, 0) is 6.42 Å². The molecule has 11 heavy (non-hydrogen) atoms. The maximum absolute atomic E-state index is 10.6. The molecule has 0 fully saturated rings. The van der Waals surface area contributed by atoms with Gasteiger partial charge < -0.3 is 15.7 Å². The molecule has 3 N–H and O–H groups in total. The standard InChI is InChI=1S/C6H11N3O2/c7-2-4-9-6(11)8-3-1-5-10/h10H,1,3-5H2,(H2,8,9,11). The highest BCUT2D eigenvalue weighted by molar-refractivity contribution is 5.73. The van der Waals surface area contributed by atoms with Gasteiger partial charge in [0.05, 0.1) is 6.07 Å². The molecule has 0 atom stereocenters. The van der Waals surface area contributed by atoms with Gasteiger partial charge in [-0.25, -0.2) is 4.79 Å². The van der Waals surface area contributed by atoms with E-state index < -0.39 is 0 Å². The van der Waals surface area contributed by atoms with Crippen molar-refractivity contribution in [3.63, 3.8) is 0 Å². The fraction of sp³-hybridized carbons (Fsp3) is 0.667. The number of carbonyl (C=O) groups is 1. The lowest BCUT2D eigenvalue weighted by Gasteiger charge is -2.02. The number of amides is 2. The number of nitrogens with zero attached hydrogens (tertiary/aromatic N) is 1. The molecule has 2 amide bonds. The van der Waals surface area contributed by atoms with Crippen LogP contribution in [0.4, 0.5) is 4.79 Å². The van der Waals surface area contributed by atoms with Crippen molar-refractivity contribution in [3.8, 4) is 6.07 Å². The van der Waals surface area contributed by atoms with E-state index in [4.69, 9.17) is 10.4 Å². The topological polar surface area (TPSA) is 85.2 Å². The van der Waals surface area contributed by atoms with Crippen molar-refractivity contribution in [2.24, 2.45) is 0 Å². The molecule has 0 saturated carbocycles. The Morgan fingerprint density at radius 3 is 2.82 bits per heavy atom. The van der Waals surface area contributed by atoms with E-state index in [1.165, 1.54) is 0 Å². The van der Waals surface area contributed by atoms with Crippen LogP contribution < -0.4 is 10.6 Å². The van der Waals surface area contributed by atoms with Crippen LogP contribution in [-0.4, -0.2) is 30.8 Å². The summed E-state index contributed by atoms with van der Waals surface area (Å²) in [6.07, 6.45) is 0.528. The summed E-state index contributed by atoms with van der Waals surface area (Å²) >= 11 is 0. The zero-order chi connectivity index (χ0) is 8.53. The molecule has 0 saturated heterocycles. The number of hydrogen-bond donors (Lipinski definition) is 3. The van der Waals surface area contributed by atoms with Crippen molar-refractivity contribution in [3.05, 3.63) is 0 Å². The number of aliphatic hydroxyl groups excluding tert-OH is 1. The highest BCUT2D eigenvalue weighted by Gasteiger charge is 1.95. The molecule has 0 spiro atoms. The summed E-state index contributed by atoms with van der Waals surface area (Å²) in [5.74, 6) is 0. The van der Waals surface area contributed by atoms with Gasteiger partial charge in [0.1, 0.15) is 6.54 Å². The molecule has 0 heterocycles. The molecule has 5 heteroatoms. The van der Waals surface area contributed by atoms with Crippen molar-refractivity contribution in [1.82, 2.24) is 10.6 Å². The summed E-state index contributed by atoms with van der Waals surface area (Å²) in [6.45, 7) is 0.483. The van der Waals surface area contributed by atoms with Crippen molar-refractivity contribution >= 4 is 6.03 Å². The maximum Gasteiger partial charge on any atom is 0.315 e. The molecule has 0 bridgehead atoms.